The quantitative estimate of drug-likeness (QED) is 0.826. The molecule has 0 atom stereocenters. The maximum Gasteiger partial charge on any atom is 0.262 e. The maximum absolute atomic E-state index is 12.4. The van der Waals surface area contributed by atoms with Crippen LogP contribution in [0, 0.1) is 13.8 Å². The van der Waals surface area contributed by atoms with Gasteiger partial charge < -0.3 is 5.73 Å². The first-order chi connectivity index (χ1) is 9.70. The van der Waals surface area contributed by atoms with Gasteiger partial charge in [-0.2, -0.15) is 0 Å². The number of hydrogen-bond acceptors (Lipinski definition) is 3. The first-order valence-corrected chi connectivity index (χ1v) is 8.29. The molecule has 0 aromatic heterocycles. The molecule has 0 spiro atoms. The lowest BCUT2D eigenvalue weighted by Gasteiger charge is -2.12. The van der Waals surface area contributed by atoms with Gasteiger partial charge in [0.2, 0.25) is 0 Å². The number of nitrogens with two attached hydrogens (primary N) is 1. The number of nitrogens with one attached hydrogen (secondary N) is 1. The molecule has 0 heterocycles. The third kappa shape index (κ3) is 3.43. The summed E-state index contributed by atoms with van der Waals surface area (Å²) in [6.45, 7) is 3.49. The molecule has 112 valence electrons. The van der Waals surface area contributed by atoms with Gasteiger partial charge in [0.15, 0.2) is 0 Å². The molecule has 2 aromatic rings. The van der Waals surface area contributed by atoms with Crippen molar-refractivity contribution in [2.75, 3.05) is 10.5 Å². The maximum atomic E-state index is 12.4. The summed E-state index contributed by atoms with van der Waals surface area (Å²) < 4.78 is 27.3. The Balaban J connectivity index is 2.43. The van der Waals surface area contributed by atoms with E-state index >= 15 is 0 Å². The standard InChI is InChI=1S/C14H14Cl2N2O2S/c1-8-3-4-10(6-11(8)15)18-21(19,20)14-7-13(17)12(16)5-9(14)2/h3-7,18H,17H2,1-2H3. The van der Waals surface area contributed by atoms with Crippen LogP contribution in [0.3, 0.4) is 0 Å². The fourth-order valence-corrected chi connectivity index (χ4v) is 3.54. The number of sulfonamides is 1. The zero-order valence-corrected chi connectivity index (χ0v) is 13.8. The predicted molar refractivity (Wildman–Crippen MR) is 87.6 cm³/mol. The summed E-state index contributed by atoms with van der Waals surface area (Å²) in [6, 6.07) is 7.81. The molecule has 0 saturated carbocycles. The highest BCUT2D eigenvalue weighted by atomic mass is 35.5. The highest BCUT2D eigenvalue weighted by Crippen LogP contribution is 2.28. The van der Waals surface area contributed by atoms with Crippen molar-refractivity contribution in [1.82, 2.24) is 0 Å². The summed E-state index contributed by atoms with van der Waals surface area (Å²) in [6.07, 6.45) is 0. The van der Waals surface area contributed by atoms with Crippen molar-refractivity contribution in [3.63, 3.8) is 0 Å². The minimum Gasteiger partial charge on any atom is -0.397 e. The van der Waals surface area contributed by atoms with E-state index in [1.165, 1.54) is 12.1 Å². The van der Waals surface area contributed by atoms with Crippen molar-refractivity contribution in [2.24, 2.45) is 0 Å². The predicted octanol–water partition coefficient (Wildman–Crippen LogP) is 3.99. The highest BCUT2D eigenvalue weighted by molar-refractivity contribution is 7.92. The van der Waals surface area contributed by atoms with Gasteiger partial charge in [-0.3, -0.25) is 4.72 Å². The average molecular weight is 345 g/mol. The fourth-order valence-electron chi connectivity index (χ4n) is 1.82. The second kappa shape index (κ2) is 5.75. The number of rotatable bonds is 3. The van der Waals surface area contributed by atoms with Crippen LogP contribution in [0.4, 0.5) is 11.4 Å². The summed E-state index contributed by atoms with van der Waals surface area (Å²) in [5.74, 6) is 0. The zero-order valence-electron chi connectivity index (χ0n) is 11.4. The molecule has 7 heteroatoms. The van der Waals surface area contributed by atoms with Gasteiger partial charge in [-0.15, -0.1) is 0 Å². The Morgan fingerprint density at radius 3 is 2.29 bits per heavy atom. The number of hydrogen-bond donors (Lipinski definition) is 2. The topological polar surface area (TPSA) is 72.2 Å². The molecule has 21 heavy (non-hydrogen) atoms. The molecular formula is C14H14Cl2N2O2S. The monoisotopic (exact) mass is 344 g/mol. The molecule has 0 unspecified atom stereocenters. The summed E-state index contributed by atoms with van der Waals surface area (Å²) in [5, 5.41) is 0.812. The second-order valence-corrected chi connectivity index (χ2v) is 7.17. The summed E-state index contributed by atoms with van der Waals surface area (Å²) in [7, 11) is -3.76. The van der Waals surface area contributed by atoms with Crippen molar-refractivity contribution in [2.45, 2.75) is 18.7 Å². The zero-order chi connectivity index (χ0) is 15.8. The van der Waals surface area contributed by atoms with Crippen molar-refractivity contribution in [1.29, 1.82) is 0 Å². The number of aryl methyl sites for hydroxylation is 2. The fraction of sp³-hybridized carbons (Fsp3) is 0.143. The van der Waals surface area contributed by atoms with Crippen LogP contribution in [0.15, 0.2) is 35.2 Å². The van der Waals surface area contributed by atoms with Gasteiger partial charge in [0, 0.05) is 5.02 Å². The first-order valence-electron chi connectivity index (χ1n) is 6.05. The second-order valence-electron chi connectivity index (χ2n) is 4.71. The number of nitrogen functional groups attached to an aromatic ring is 1. The number of halogens is 2. The number of anilines is 2. The summed E-state index contributed by atoms with van der Waals surface area (Å²) in [4.78, 5) is 0.0843. The summed E-state index contributed by atoms with van der Waals surface area (Å²) in [5.41, 5.74) is 7.66. The lowest BCUT2D eigenvalue weighted by molar-refractivity contribution is 0.600. The smallest absolute Gasteiger partial charge is 0.262 e. The Hall–Kier alpha value is -1.43. The van der Waals surface area contributed by atoms with Crippen LogP contribution >= 0.6 is 23.2 Å². The van der Waals surface area contributed by atoms with E-state index in [-0.39, 0.29) is 10.6 Å². The van der Waals surface area contributed by atoms with Crippen LogP contribution in [0.2, 0.25) is 10.0 Å². The molecule has 0 saturated heterocycles. The third-order valence-electron chi connectivity index (χ3n) is 3.01. The molecular weight excluding hydrogens is 331 g/mol. The summed E-state index contributed by atoms with van der Waals surface area (Å²) >= 11 is 11.9. The van der Waals surface area contributed by atoms with Crippen molar-refractivity contribution >= 4 is 44.6 Å². The van der Waals surface area contributed by atoms with Crippen LogP contribution in [-0.2, 0) is 10.0 Å². The van der Waals surface area contributed by atoms with Crippen LogP contribution < -0.4 is 10.5 Å². The molecule has 0 bridgehead atoms. The van der Waals surface area contributed by atoms with Gasteiger partial charge in [0.1, 0.15) is 0 Å². The van der Waals surface area contributed by atoms with E-state index in [2.05, 4.69) is 4.72 Å². The van der Waals surface area contributed by atoms with Crippen LogP contribution in [-0.4, -0.2) is 8.42 Å². The molecule has 2 aromatic carbocycles. The van der Waals surface area contributed by atoms with Crippen molar-refractivity contribution < 1.29 is 8.42 Å². The molecule has 2 rings (SSSR count). The van der Waals surface area contributed by atoms with E-state index in [1.54, 1.807) is 25.1 Å². The van der Waals surface area contributed by atoms with Crippen molar-refractivity contribution in [3.05, 3.63) is 51.5 Å². The van der Waals surface area contributed by atoms with Crippen molar-refractivity contribution in [3.8, 4) is 0 Å². The molecule has 0 radical (unpaired) electrons. The molecule has 0 fully saturated rings. The van der Waals surface area contributed by atoms with Gasteiger partial charge in [0.25, 0.3) is 10.0 Å². The van der Waals surface area contributed by atoms with E-state index < -0.39 is 10.0 Å². The largest absolute Gasteiger partial charge is 0.397 e. The first kappa shape index (κ1) is 15.9. The number of benzene rings is 2. The van der Waals surface area contributed by atoms with E-state index in [1.807, 2.05) is 6.92 Å². The Morgan fingerprint density at radius 1 is 1.00 bits per heavy atom. The van der Waals surface area contributed by atoms with E-state index in [9.17, 15) is 8.42 Å². The Kier molecular flexibility index (Phi) is 4.37. The third-order valence-corrected chi connectivity index (χ3v) is 5.27. The van der Waals surface area contributed by atoms with Gasteiger partial charge >= 0.3 is 0 Å². The molecule has 3 N–H and O–H groups in total. The lowest BCUT2D eigenvalue weighted by atomic mass is 10.2. The SMILES string of the molecule is Cc1ccc(NS(=O)(=O)c2cc(N)c(Cl)cc2C)cc1Cl. The minimum absolute atomic E-state index is 0.0843. The van der Waals surface area contributed by atoms with E-state index in [0.717, 1.165) is 5.56 Å². The van der Waals surface area contributed by atoms with Gasteiger partial charge in [-0.1, -0.05) is 29.3 Å². The Morgan fingerprint density at radius 2 is 1.67 bits per heavy atom. The van der Waals surface area contributed by atoms with Crippen LogP contribution in [0.1, 0.15) is 11.1 Å². The van der Waals surface area contributed by atoms with Crippen LogP contribution in [0.5, 0.6) is 0 Å². The Bertz CT molecular complexity index is 805. The molecule has 0 aliphatic carbocycles. The van der Waals surface area contributed by atoms with Gasteiger partial charge in [-0.25, -0.2) is 8.42 Å². The molecule has 4 nitrogen and oxygen atoms in total. The van der Waals surface area contributed by atoms with E-state index in [0.29, 0.717) is 21.3 Å². The highest BCUT2D eigenvalue weighted by Gasteiger charge is 2.19. The molecule has 0 amide bonds. The van der Waals surface area contributed by atoms with E-state index in [4.69, 9.17) is 28.9 Å². The van der Waals surface area contributed by atoms with Crippen LogP contribution in [0.25, 0.3) is 0 Å². The average Bonchev–Trinajstić information content (AvgIpc) is 2.37. The molecule has 0 aliphatic rings. The lowest BCUT2D eigenvalue weighted by Crippen LogP contribution is -2.14. The normalized spacial score (nSPS) is 11.4. The van der Waals surface area contributed by atoms with Gasteiger partial charge in [-0.05, 0) is 49.2 Å². The molecule has 0 aliphatic heterocycles. The van der Waals surface area contributed by atoms with Gasteiger partial charge in [0.05, 0.1) is 21.3 Å². The minimum atomic E-state index is -3.76. The Labute approximate surface area is 133 Å².